The molecule has 0 fully saturated rings. The first-order valence-corrected chi connectivity index (χ1v) is 5.31. The molecule has 0 aliphatic rings. The standard InChI is InChI=1S/C7H13NO4S/c1-2-3-4-5-6(7(8)9)13(10,11)12/h5H,2-4H2,1H3,(H2,8,9)(H,10,11,12)/b6-5+. The number of hydrogen-bond donors (Lipinski definition) is 2. The molecule has 0 aliphatic carbocycles. The van der Waals surface area contributed by atoms with E-state index in [-0.39, 0.29) is 0 Å². The highest BCUT2D eigenvalue weighted by molar-refractivity contribution is 7.90. The van der Waals surface area contributed by atoms with Gasteiger partial charge < -0.3 is 5.73 Å². The molecule has 5 nitrogen and oxygen atoms in total. The second kappa shape index (κ2) is 4.98. The first-order chi connectivity index (χ1) is 5.89. The van der Waals surface area contributed by atoms with Gasteiger partial charge in [-0.15, -0.1) is 0 Å². The summed E-state index contributed by atoms with van der Waals surface area (Å²) in [5.74, 6) is -1.13. The lowest BCUT2D eigenvalue weighted by Gasteiger charge is -1.98. The molecular formula is C7H13NO4S. The minimum atomic E-state index is -4.46. The van der Waals surface area contributed by atoms with Gasteiger partial charge in [0.25, 0.3) is 16.0 Å². The van der Waals surface area contributed by atoms with Gasteiger partial charge in [0.1, 0.15) is 0 Å². The molecule has 0 atom stereocenters. The molecule has 0 bridgehead atoms. The van der Waals surface area contributed by atoms with Crippen molar-refractivity contribution in [2.45, 2.75) is 26.2 Å². The maximum Gasteiger partial charge on any atom is 0.299 e. The highest BCUT2D eigenvalue weighted by Gasteiger charge is 2.18. The van der Waals surface area contributed by atoms with Crippen molar-refractivity contribution in [1.82, 2.24) is 0 Å². The topological polar surface area (TPSA) is 97.5 Å². The number of primary amides is 1. The molecule has 13 heavy (non-hydrogen) atoms. The van der Waals surface area contributed by atoms with Gasteiger partial charge in [-0.3, -0.25) is 9.35 Å². The Kier molecular flexibility index (Phi) is 4.64. The van der Waals surface area contributed by atoms with Gasteiger partial charge >= 0.3 is 0 Å². The lowest BCUT2D eigenvalue weighted by Crippen LogP contribution is -2.20. The third-order valence-electron chi connectivity index (χ3n) is 1.41. The van der Waals surface area contributed by atoms with E-state index >= 15 is 0 Å². The molecule has 0 aliphatic heterocycles. The van der Waals surface area contributed by atoms with E-state index in [9.17, 15) is 13.2 Å². The van der Waals surface area contributed by atoms with E-state index in [1.807, 2.05) is 6.92 Å². The van der Waals surface area contributed by atoms with Crippen molar-refractivity contribution in [3.8, 4) is 0 Å². The number of carbonyl (C=O) groups excluding carboxylic acids is 1. The van der Waals surface area contributed by atoms with Gasteiger partial charge in [-0.1, -0.05) is 25.8 Å². The first kappa shape index (κ1) is 12.1. The predicted octanol–water partition coefficient (Wildman–Crippen LogP) is 0.434. The summed E-state index contributed by atoms with van der Waals surface area (Å²) in [5, 5.41) is 0. The number of amides is 1. The Morgan fingerprint density at radius 1 is 1.54 bits per heavy atom. The molecule has 0 heterocycles. The quantitative estimate of drug-likeness (QED) is 0.388. The van der Waals surface area contributed by atoms with Crippen molar-refractivity contribution < 1.29 is 17.8 Å². The van der Waals surface area contributed by atoms with Gasteiger partial charge in [0.15, 0.2) is 4.91 Å². The van der Waals surface area contributed by atoms with E-state index in [0.717, 1.165) is 18.9 Å². The zero-order chi connectivity index (χ0) is 10.5. The molecule has 0 spiro atoms. The number of carbonyl (C=O) groups is 1. The van der Waals surface area contributed by atoms with Crippen molar-refractivity contribution in [3.05, 3.63) is 11.0 Å². The van der Waals surface area contributed by atoms with Crippen LogP contribution in [0.4, 0.5) is 0 Å². The van der Waals surface area contributed by atoms with E-state index in [2.05, 4.69) is 0 Å². The Balaban J connectivity index is 4.64. The fourth-order valence-electron chi connectivity index (χ4n) is 0.770. The molecule has 3 N–H and O–H groups in total. The molecule has 76 valence electrons. The number of unbranched alkanes of at least 4 members (excludes halogenated alkanes) is 2. The van der Waals surface area contributed by atoms with Gasteiger partial charge in [0.2, 0.25) is 0 Å². The van der Waals surface area contributed by atoms with Crippen LogP contribution in [0.25, 0.3) is 0 Å². The molecule has 0 aromatic rings. The smallest absolute Gasteiger partial charge is 0.299 e. The van der Waals surface area contributed by atoms with Crippen molar-refractivity contribution in [3.63, 3.8) is 0 Å². The summed E-state index contributed by atoms with van der Waals surface area (Å²) in [7, 11) is -4.46. The van der Waals surface area contributed by atoms with Crippen molar-refractivity contribution in [2.24, 2.45) is 5.73 Å². The molecule has 6 heteroatoms. The van der Waals surface area contributed by atoms with E-state index in [1.54, 1.807) is 0 Å². The van der Waals surface area contributed by atoms with E-state index in [0.29, 0.717) is 6.42 Å². The Morgan fingerprint density at radius 2 is 2.08 bits per heavy atom. The zero-order valence-corrected chi connectivity index (χ0v) is 8.17. The summed E-state index contributed by atoms with van der Waals surface area (Å²) in [6, 6.07) is 0. The van der Waals surface area contributed by atoms with Crippen LogP contribution in [0.1, 0.15) is 26.2 Å². The maximum absolute atomic E-state index is 10.6. The summed E-state index contributed by atoms with van der Waals surface area (Å²) >= 11 is 0. The van der Waals surface area contributed by atoms with Crippen LogP contribution in [0.3, 0.4) is 0 Å². The summed E-state index contributed by atoms with van der Waals surface area (Å²) in [5.41, 5.74) is 4.76. The van der Waals surface area contributed by atoms with Gasteiger partial charge in [-0.05, 0) is 6.42 Å². The summed E-state index contributed by atoms with van der Waals surface area (Å²) in [6.45, 7) is 1.92. The molecule has 0 aromatic heterocycles. The predicted molar refractivity (Wildman–Crippen MR) is 48.4 cm³/mol. The third kappa shape index (κ3) is 4.64. The highest BCUT2D eigenvalue weighted by atomic mass is 32.2. The van der Waals surface area contributed by atoms with Crippen LogP contribution in [0.15, 0.2) is 11.0 Å². The van der Waals surface area contributed by atoms with Crippen LogP contribution in [-0.4, -0.2) is 18.9 Å². The molecule has 0 rings (SSSR count). The minimum absolute atomic E-state index is 0.411. The van der Waals surface area contributed by atoms with Crippen LogP contribution in [0, 0.1) is 0 Å². The fraction of sp³-hybridized carbons (Fsp3) is 0.571. The molecule has 0 aromatic carbocycles. The van der Waals surface area contributed by atoms with Crippen LogP contribution >= 0.6 is 0 Å². The molecule has 0 saturated heterocycles. The van der Waals surface area contributed by atoms with Gasteiger partial charge in [0.05, 0.1) is 0 Å². The maximum atomic E-state index is 10.6. The normalized spacial score (nSPS) is 12.9. The average Bonchev–Trinajstić information content (AvgIpc) is 1.94. The molecule has 0 saturated carbocycles. The van der Waals surface area contributed by atoms with E-state index in [1.165, 1.54) is 0 Å². The van der Waals surface area contributed by atoms with Crippen LogP contribution in [-0.2, 0) is 14.9 Å². The zero-order valence-electron chi connectivity index (χ0n) is 7.36. The lowest BCUT2D eigenvalue weighted by atomic mass is 10.2. The Hall–Kier alpha value is -0.880. The van der Waals surface area contributed by atoms with Crippen molar-refractivity contribution in [1.29, 1.82) is 0 Å². The van der Waals surface area contributed by atoms with Gasteiger partial charge in [0, 0.05) is 0 Å². The number of rotatable bonds is 5. The van der Waals surface area contributed by atoms with E-state index in [4.69, 9.17) is 10.3 Å². The summed E-state index contributed by atoms with van der Waals surface area (Å²) in [6.07, 6.45) is 3.16. The third-order valence-corrected chi connectivity index (χ3v) is 2.33. The van der Waals surface area contributed by atoms with Crippen LogP contribution in [0.2, 0.25) is 0 Å². The van der Waals surface area contributed by atoms with Gasteiger partial charge in [-0.25, -0.2) is 0 Å². The highest BCUT2D eigenvalue weighted by Crippen LogP contribution is 2.06. The Bertz CT molecular complexity index is 304. The lowest BCUT2D eigenvalue weighted by molar-refractivity contribution is -0.114. The number of hydrogen-bond acceptors (Lipinski definition) is 3. The molecule has 1 amide bonds. The fourth-order valence-corrected chi connectivity index (χ4v) is 1.35. The SMILES string of the molecule is CCCC/C=C(\C(N)=O)S(=O)(=O)O. The molecule has 0 unspecified atom stereocenters. The minimum Gasteiger partial charge on any atom is -0.365 e. The van der Waals surface area contributed by atoms with Crippen LogP contribution < -0.4 is 5.73 Å². The summed E-state index contributed by atoms with van der Waals surface area (Å²) < 4.78 is 29.7. The Labute approximate surface area is 77.4 Å². The number of nitrogens with two attached hydrogens (primary N) is 1. The van der Waals surface area contributed by atoms with Crippen molar-refractivity contribution >= 4 is 16.0 Å². The first-order valence-electron chi connectivity index (χ1n) is 3.87. The summed E-state index contributed by atoms with van der Waals surface area (Å²) in [4.78, 5) is 9.83. The average molecular weight is 207 g/mol. The van der Waals surface area contributed by atoms with Gasteiger partial charge in [-0.2, -0.15) is 8.42 Å². The molecular weight excluding hydrogens is 194 g/mol. The second-order valence-electron chi connectivity index (χ2n) is 2.55. The van der Waals surface area contributed by atoms with Crippen LogP contribution in [0.5, 0.6) is 0 Å². The molecule has 0 radical (unpaired) electrons. The largest absolute Gasteiger partial charge is 0.365 e. The Morgan fingerprint density at radius 3 is 2.38 bits per heavy atom. The van der Waals surface area contributed by atoms with Crippen molar-refractivity contribution in [2.75, 3.05) is 0 Å². The monoisotopic (exact) mass is 207 g/mol. The number of allylic oxidation sites excluding steroid dienone is 1. The second-order valence-corrected chi connectivity index (χ2v) is 3.94. The van der Waals surface area contributed by atoms with E-state index < -0.39 is 20.9 Å².